The first-order valence-corrected chi connectivity index (χ1v) is 35.1. The molecule has 0 radical (unpaired) electrons. The Morgan fingerprint density at radius 3 is 0.812 bits per heavy atom. The van der Waals surface area contributed by atoms with Gasteiger partial charge in [0.15, 0.2) is 0 Å². The van der Waals surface area contributed by atoms with Crippen molar-refractivity contribution in [3.8, 4) is 0 Å². The van der Waals surface area contributed by atoms with Crippen LogP contribution in [0.5, 0.6) is 0 Å². The number of esters is 4. The Balaban J connectivity index is 4.32. The van der Waals surface area contributed by atoms with Gasteiger partial charge in [-0.3, -0.25) is 19.2 Å². The fraction of sp³-hybridized carbons (Fsp3) is 0.943. The standard InChI is InChI=1S/C70H136N2O8/c1-7-11-15-19-23-27-33-41-49-65(50-42-34-28-24-20-16-12-8-2)63-79-67(73)53-45-37-31-39-47-61-77-69(75)55-57-72(60-59-71(5)6)58-56-70(76)78-62-48-40-32-38-46-54-68(74)80-64-66(51-43-35-29-25-21-17-13-9-3)52-44-36-30-26-22-18-14-10-4/h65-66H,7-64H2,1-6H3. The van der Waals surface area contributed by atoms with Crippen LogP contribution in [0.1, 0.15) is 349 Å². The van der Waals surface area contributed by atoms with E-state index in [1.54, 1.807) is 0 Å². The maximum absolute atomic E-state index is 12.7. The van der Waals surface area contributed by atoms with Gasteiger partial charge in [0.05, 0.1) is 39.3 Å². The third-order valence-corrected chi connectivity index (χ3v) is 16.5. The van der Waals surface area contributed by atoms with E-state index >= 15 is 0 Å². The minimum atomic E-state index is -0.201. The molecule has 0 aromatic heterocycles. The molecule has 0 aliphatic heterocycles. The molecule has 0 atom stereocenters. The summed E-state index contributed by atoms with van der Waals surface area (Å²) in [6.45, 7) is 13.8. The molecule has 10 nitrogen and oxygen atoms in total. The van der Waals surface area contributed by atoms with Gasteiger partial charge < -0.3 is 28.7 Å². The summed E-state index contributed by atoms with van der Waals surface area (Å²) >= 11 is 0. The lowest BCUT2D eigenvalue weighted by Crippen LogP contribution is -2.35. The van der Waals surface area contributed by atoms with Gasteiger partial charge in [-0.25, -0.2) is 0 Å². The fourth-order valence-corrected chi connectivity index (χ4v) is 11.0. The van der Waals surface area contributed by atoms with E-state index in [9.17, 15) is 19.2 Å². The van der Waals surface area contributed by atoms with E-state index in [2.05, 4.69) is 37.5 Å². The Morgan fingerprint density at radius 2 is 0.525 bits per heavy atom. The zero-order chi connectivity index (χ0) is 58.5. The highest BCUT2D eigenvalue weighted by atomic mass is 16.5. The Kier molecular flexibility index (Phi) is 61.1. The predicted octanol–water partition coefficient (Wildman–Crippen LogP) is 19.8. The number of rotatable bonds is 65. The van der Waals surface area contributed by atoms with Crippen LogP contribution in [0.25, 0.3) is 0 Å². The van der Waals surface area contributed by atoms with Crippen molar-refractivity contribution < 1.29 is 38.1 Å². The highest BCUT2D eigenvalue weighted by Crippen LogP contribution is 2.23. The van der Waals surface area contributed by atoms with Gasteiger partial charge in [-0.15, -0.1) is 0 Å². The van der Waals surface area contributed by atoms with E-state index in [4.69, 9.17) is 18.9 Å². The van der Waals surface area contributed by atoms with E-state index in [0.29, 0.717) is 77.0 Å². The molecular formula is C70H136N2O8. The van der Waals surface area contributed by atoms with Crippen LogP contribution in [0.4, 0.5) is 0 Å². The van der Waals surface area contributed by atoms with Gasteiger partial charge in [0.25, 0.3) is 0 Å². The Labute approximate surface area is 497 Å². The second-order valence-electron chi connectivity index (χ2n) is 24.8. The van der Waals surface area contributed by atoms with E-state index in [0.717, 1.165) is 77.3 Å². The minimum Gasteiger partial charge on any atom is -0.466 e. The number of hydrogen-bond donors (Lipinski definition) is 0. The molecule has 0 unspecified atom stereocenters. The SMILES string of the molecule is CCCCCCCCCCC(CCCCCCCCCC)COC(=O)CCCCCCCOC(=O)CCN(CCC(=O)OCCCCCCCC(=O)OCC(CCCCCCCCCC)CCCCCCCCCC)CCN(C)C. The summed E-state index contributed by atoms with van der Waals surface area (Å²) in [6.07, 6.45) is 58.1. The summed E-state index contributed by atoms with van der Waals surface area (Å²) in [4.78, 5) is 55.1. The molecule has 0 fully saturated rings. The first-order valence-electron chi connectivity index (χ1n) is 35.1. The summed E-state index contributed by atoms with van der Waals surface area (Å²) in [5.74, 6) is 0.488. The second kappa shape index (κ2) is 62.8. The minimum absolute atomic E-state index is 0.0483. The normalized spacial score (nSPS) is 11.7. The topological polar surface area (TPSA) is 112 Å². The van der Waals surface area contributed by atoms with Crippen LogP contribution >= 0.6 is 0 Å². The lowest BCUT2D eigenvalue weighted by Gasteiger charge is -2.23. The number of unbranched alkanes of at least 4 members (excludes halogenated alkanes) is 36. The number of nitrogens with zero attached hydrogens (tertiary/aromatic N) is 2. The fourth-order valence-electron chi connectivity index (χ4n) is 11.0. The molecule has 10 heteroatoms. The summed E-state index contributed by atoms with van der Waals surface area (Å²) < 4.78 is 22.9. The van der Waals surface area contributed by atoms with Crippen molar-refractivity contribution in [3.05, 3.63) is 0 Å². The van der Waals surface area contributed by atoms with Gasteiger partial charge in [-0.2, -0.15) is 0 Å². The first kappa shape index (κ1) is 77.8. The van der Waals surface area contributed by atoms with Gasteiger partial charge in [-0.05, 0) is 77.3 Å². The summed E-state index contributed by atoms with van der Waals surface area (Å²) in [6, 6.07) is 0. The monoisotopic (exact) mass is 1130 g/mol. The predicted molar refractivity (Wildman–Crippen MR) is 339 cm³/mol. The van der Waals surface area contributed by atoms with Crippen LogP contribution in [0, 0.1) is 11.8 Å². The van der Waals surface area contributed by atoms with Crippen molar-refractivity contribution in [2.45, 2.75) is 349 Å². The first-order chi connectivity index (χ1) is 39.1. The second-order valence-corrected chi connectivity index (χ2v) is 24.8. The smallest absolute Gasteiger partial charge is 0.307 e. The van der Waals surface area contributed by atoms with Gasteiger partial charge >= 0.3 is 23.9 Å². The van der Waals surface area contributed by atoms with Crippen molar-refractivity contribution in [3.63, 3.8) is 0 Å². The summed E-state index contributed by atoms with van der Waals surface area (Å²) in [5, 5.41) is 0. The highest BCUT2D eigenvalue weighted by Gasteiger charge is 2.16. The van der Waals surface area contributed by atoms with Crippen LogP contribution in [0.15, 0.2) is 0 Å². The van der Waals surface area contributed by atoms with Crippen molar-refractivity contribution in [1.29, 1.82) is 0 Å². The summed E-state index contributed by atoms with van der Waals surface area (Å²) in [5.41, 5.74) is 0. The Morgan fingerprint density at radius 1 is 0.275 bits per heavy atom. The van der Waals surface area contributed by atoms with E-state index < -0.39 is 0 Å². The van der Waals surface area contributed by atoms with Gasteiger partial charge in [0, 0.05) is 39.0 Å². The van der Waals surface area contributed by atoms with E-state index in [-0.39, 0.29) is 23.9 Å². The molecule has 0 saturated heterocycles. The molecule has 0 N–H and O–H groups in total. The zero-order valence-electron chi connectivity index (χ0n) is 54.3. The lowest BCUT2D eigenvalue weighted by atomic mass is 9.94. The molecule has 0 spiro atoms. The molecule has 0 aromatic rings. The van der Waals surface area contributed by atoms with Gasteiger partial charge in [0.2, 0.25) is 0 Å². The van der Waals surface area contributed by atoms with Gasteiger partial charge in [0.1, 0.15) is 0 Å². The van der Waals surface area contributed by atoms with Crippen molar-refractivity contribution >= 4 is 23.9 Å². The Bertz CT molecular complexity index is 1200. The Hall–Kier alpha value is -2.20. The molecule has 0 amide bonds. The van der Waals surface area contributed by atoms with Crippen molar-refractivity contribution in [2.75, 3.05) is 66.7 Å². The number of likely N-dealkylation sites (N-methyl/N-ethyl adjacent to an activating group) is 1. The largest absolute Gasteiger partial charge is 0.466 e. The molecule has 474 valence electrons. The number of ether oxygens (including phenoxy) is 4. The van der Waals surface area contributed by atoms with E-state index in [1.807, 2.05) is 14.1 Å². The van der Waals surface area contributed by atoms with Crippen LogP contribution in [0.3, 0.4) is 0 Å². The van der Waals surface area contributed by atoms with Gasteiger partial charge in [-0.1, -0.05) is 272 Å². The van der Waals surface area contributed by atoms with Crippen LogP contribution in [-0.2, 0) is 38.1 Å². The molecule has 0 aliphatic rings. The average Bonchev–Trinajstić information content (AvgIpc) is 3.45. The van der Waals surface area contributed by atoms with Crippen LogP contribution in [-0.4, -0.2) is 100 Å². The third-order valence-electron chi connectivity index (χ3n) is 16.5. The van der Waals surface area contributed by atoms with Crippen LogP contribution < -0.4 is 0 Å². The molecule has 0 rings (SSSR count). The highest BCUT2D eigenvalue weighted by molar-refractivity contribution is 5.70. The number of hydrogen-bond acceptors (Lipinski definition) is 10. The summed E-state index contributed by atoms with van der Waals surface area (Å²) in [7, 11) is 4.06. The van der Waals surface area contributed by atoms with E-state index in [1.165, 1.54) is 231 Å². The average molecular weight is 1130 g/mol. The maximum atomic E-state index is 12.7. The lowest BCUT2D eigenvalue weighted by molar-refractivity contribution is -0.146. The number of carbonyl (C=O) groups excluding carboxylic acids is 4. The van der Waals surface area contributed by atoms with Crippen LogP contribution in [0.2, 0.25) is 0 Å². The zero-order valence-corrected chi connectivity index (χ0v) is 54.3. The number of carbonyl (C=O) groups is 4. The maximum Gasteiger partial charge on any atom is 0.307 e. The molecule has 0 saturated carbocycles. The molecule has 0 aliphatic carbocycles. The van der Waals surface area contributed by atoms with Crippen molar-refractivity contribution in [1.82, 2.24) is 9.80 Å². The third kappa shape index (κ3) is 59.0. The quantitative estimate of drug-likeness (QED) is 0.0332. The molecule has 0 bridgehead atoms. The van der Waals surface area contributed by atoms with Crippen molar-refractivity contribution in [2.24, 2.45) is 11.8 Å². The molecule has 0 aromatic carbocycles. The molecular weight excluding hydrogens is 997 g/mol. The molecule has 0 heterocycles. The molecule has 80 heavy (non-hydrogen) atoms.